The van der Waals surface area contributed by atoms with Crippen LogP contribution in [0.25, 0.3) is 0 Å². The third-order valence-corrected chi connectivity index (χ3v) is 4.28. The lowest BCUT2D eigenvalue weighted by molar-refractivity contribution is 0.264. The van der Waals surface area contributed by atoms with E-state index in [1.54, 1.807) is 0 Å². The molecule has 0 radical (unpaired) electrons. The van der Waals surface area contributed by atoms with E-state index in [2.05, 4.69) is 28.8 Å². The number of aromatic nitrogens is 2. The minimum Gasteiger partial charge on any atom is -0.346 e. The first-order valence-electron chi connectivity index (χ1n) is 6.09. The maximum Gasteiger partial charge on any atom is 0.130 e. The maximum atomic E-state index is 5.25. The highest BCUT2D eigenvalue weighted by Gasteiger charge is 2.23. The molecular formula is C12H19N3S2. The first-order chi connectivity index (χ1) is 8.20. The van der Waals surface area contributed by atoms with E-state index in [4.69, 9.17) is 12.2 Å². The normalized spacial score (nSPS) is 21.6. The van der Waals surface area contributed by atoms with E-state index in [1.807, 2.05) is 17.8 Å². The van der Waals surface area contributed by atoms with Gasteiger partial charge in [-0.1, -0.05) is 25.6 Å². The number of aryl methyl sites for hydroxylation is 1. The second kappa shape index (κ2) is 5.98. The van der Waals surface area contributed by atoms with E-state index in [-0.39, 0.29) is 0 Å². The Morgan fingerprint density at radius 2 is 2.47 bits per heavy atom. The van der Waals surface area contributed by atoms with Gasteiger partial charge in [0.1, 0.15) is 10.5 Å². The van der Waals surface area contributed by atoms with E-state index in [0.717, 1.165) is 31.0 Å². The van der Waals surface area contributed by atoms with Crippen LogP contribution in [0.15, 0.2) is 6.07 Å². The number of hydrogen-bond donors (Lipinski definition) is 1. The van der Waals surface area contributed by atoms with E-state index in [0.29, 0.717) is 10.7 Å². The third kappa shape index (κ3) is 3.30. The molecule has 1 aliphatic heterocycles. The molecule has 0 spiro atoms. The number of hydrogen-bond acceptors (Lipinski definition) is 4. The topological polar surface area (TPSA) is 31.9 Å². The minimum absolute atomic E-state index is 0.382. The zero-order valence-corrected chi connectivity index (χ0v) is 12.0. The Balaban J connectivity index is 2.27. The molecule has 2 heterocycles. The summed E-state index contributed by atoms with van der Waals surface area (Å²) in [5.41, 5.74) is 1.21. The van der Waals surface area contributed by atoms with Crippen molar-refractivity contribution < 1.29 is 0 Å². The van der Waals surface area contributed by atoms with Crippen LogP contribution in [0.2, 0.25) is 0 Å². The average molecular weight is 269 g/mol. The van der Waals surface area contributed by atoms with Crippen molar-refractivity contribution in [1.82, 2.24) is 14.9 Å². The number of rotatable bonds is 3. The van der Waals surface area contributed by atoms with Crippen molar-refractivity contribution in [3.63, 3.8) is 0 Å². The van der Waals surface area contributed by atoms with Crippen LogP contribution >= 0.6 is 24.0 Å². The number of thioether (sulfide) groups is 1. The van der Waals surface area contributed by atoms with Crippen LogP contribution in [0.3, 0.4) is 0 Å². The molecule has 1 fully saturated rings. The van der Waals surface area contributed by atoms with Gasteiger partial charge in [0, 0.05) is 23.7 Å². The smallest absolute Gasteiger partial charge is 0.130 e. The highest BCUT2D eigenvalue weighted by molar-refractivity contribution is 7.99. The lowest BCUT2D eigenvalue weighted by Gasteiger charge is -2.31. The van der Waals surface area contributed by atoms with Crippen molar-refractivity contribution in [2.45, 2.75) is 25.8 Å². The Labute approximate surface area is 112 Å². The van der Waals surface area contributed by atoms with E-state index < -0.39 is 0 Å². The van der Waals surface area contributed by atoms with Crippen LogP contribution < -0.4 is 0 Å². The number of nitrogens with one attached hydrogen (secondary N) is 1. The number of H-pyrrole nitrogens is 1. The first-order valence-corrected chi connectivity index (χ1v) is 7.65. The molecule has 1 atom stereocenters. The van der Waals surface area contributed by atoms with Crippen LogP contribution in [-0.4, -0.2) is 40.0 Å². The van der Waals surface area contributed by atoms with Crippen molar-refractivity contribution in [2.75, 3.05) is 25.1 Å². The summed E-state index contributed by atoms with van der Waals surface area (Å²) >= 11 is 7.24. The molecule has 5 heteroatoms. The van der Waals surface area contributed by atoms with E-state index in [9.17, 15) is 0 Å². The van der Waals surface area contributed by atoms with Crippen molar-refractivity contribution in [1.29, 1.82) is 0 Å². The van der Waals surface area contributed by atoms with Crippen LogP contribution in [0, 0.1) is 4.64 Å². The fraction of sp³-hybridized carbons (Fsp3) is 0.667. The molecule has 1 aliphatic rings. The number of nitrogens with zero attached hydrogens (tertiary/aromatic N) is 2. The first kappa shape index (κ1) is 13.1. The molecule has 17 heavy (non-hydrogen) atoms. The fourth-order valence-electron chi connectivity index (χ4n) is 2.06. The molecule has 1 aromatic rings. The molecule has 94 valence electrons. The Bertz CT molecular complexity index is 430. The minimum atomic E-state index is 0.382. The van der Waals surface area contributed by atoms with Gasteiger partial charge in [-0.25, -0.2) is 4.98 Å². The summed E-state index contributed by atoms with van der Waals surface area (Å²) in [5.74, 6) is 3.35. The molecule has 2 rings (SSSR count). The summed E-state index contributed by atoms with van der Waals surface area (Å²) in [7, 11) is 2.16. The highest BCUT2D eigenvalue weighted by Crippen LogP contribution is 2.25. The molecule has 1 N–H and O–H groups in total. The highest BCUT2D eigenvalue weighted by atomic mass is 32.2. The van der Waals surface area contributed by atoms with Gasteiger partial charge in [-0.05, 0) is 19.5 Å². The largest absolute Gasteiger partial charge is 0.346 e. The van der Waals surface area contributed by atoms with Gasteiger partial charge in [0.15, 0.2) is 0 Å². The molecule has 0 aromatic carbocycles. The van der Waals surface area contributed by atoms with Crippen LogP contribution in [0.1, 0.15) is 30.9 Å². The van der Waals surface area contributed by atoms with Crippen molar-refractivity contribution in [3.8, 4) is 0 Å². The molecule has 1 aromatic heterocycles. The van der Waals surface area contributed by atoms with Crippen molar-refractivity contribution >= 4 is 24.0 Å². The molecular weight excluding hydrogens is 250 g/mol. The molecule has 0 amide bonds. The quantitative estimate of drug-likeness (QED) is 0.855. The molecule has 0 saturated carbocycles. The Morgan fingerprint density at radius 1 is 1.65 bits per heavy atom. The summed E-state index contributed by atoms with van der Waals surface area (Å²) in [4.78, 5) is 10.3. The Hall–Kier alpha value is -0.390. The predicted octanol–water partition coefficient (Wildman–Crippen LogP) is 2.81. The van der Waals surface area contributed by atoms with E-state index in [1.165, 1.54) is 11.4 Å². The zero-order chi connectivity index (χ0) is 12.3. The molecule has 1 saturated heterocycles. The molecule has 0 bridgehead atoms. The summed E-state index contributed by atoms with van der Waals surface area (Å²) in [5, 5.41) is 0. The van der Waals surface area contributed by atoms with Crippen molar-refractivity contribution in [3.05, 3.63) is 22.2 Å². The van der Waals surface area contributed by atoms with Crippen LogP contribution in [0.4, 0.5) is 0 Å². The lowest BCUT2D eigenvalue weighted by Crippen LogP contribution is -2.34. The molecule has 1 unspecified atom stereocenters. The van der Waals surface area contributed by atoms with Crippen LogP contribution in [0.5, 0.6) is 0 Å². The second-order valence-corrected chi connectivity index (χ2v) is 6.02. The van der Waals surface area contributed by atoms with Gasteiger partial charge in [-0.3, -0.25) is 4.90 Å². The maximum absolute atomic E-state index is 5.25. The number of aromatic amines is 1. The zero-order valence-electron chi connectivity index (χ0n) is 10.4. The van der Waals surface area contributed by atoms with Gasteiger partial charge in [0.2, 0.25) is 0 Å². The Morgan fingerprint density at radius 3 is 3.18 bits per heavy atom. The van der Waals surface area contributed by atoms with Gasteiger partial charge in [0.05, 0.1) is 6.04 Å². The van der Waals surface area contributed by atoms with Crippen molar-refractivity contribution in [2.24, 2.45) is 0 Å². The molecule has 3 nitrogen and oxygen atoms in total. The van der Waals surface area contributed by atoms with Gasteiger partial charge in [-0.2, -0.15) is 11.8 Å². The summed E-state index contributed by atoms with van der Waals surface area (Å²) < 4.78 is 0.714. The summed E-state index contributed by atoms with van der Waals surface area (Å²) in [6.07, 6.45) is 2.17. The fourth-order valence-corrected chi connectivity index (χ4v) is 3.52. The average Bonchev–Trinajstić information content (AvgIpc) is 2.29. The lowest BCUT2D eigenvalue weighted by atomic mass is 10.2. The Kier molecular flexibility index (Phi) is 4.59. The van der Waals surface area contributed by atoms with Gasteiger partial charge < -0.3 is 4.98 Å². The van der Waals surface area contributed by atoms with Gasteiger partial charge in [-0.15, -0.1) is 0 Å². The second-order valence-electron chi connectivity index (χ2n) is 4.45. The standard InChI is InChI=1S/C12H19N3S2/c1-3-4-9-7-11(16)14-12(13-9)10-8-17-6-5-15(10)2/h7,10H,3-6,8H2,1-2H3,(H,13,14,16). The molecule has 0 aliphatic carbocycles. The van der Waals surface area contributed by atoms with Gasteiger partial charge in [0.25, 0.3) is 0 Å². The summed E-state index contributed by atoms with van der Waals surface area (Å²) in [6, 6.07) is 2.37. The van der Waals surface area contributed by atoms with E-state index >= 15 is 0 Å². The van der Waals surface area contributed by atoms with Crippen LogP contribution in [-0.2, 0) is 6.42 Å². The SMILES string of the molecule is CCCc1cc(=S)nc(C2CSCCN2C)[nH]1. The third-order valence-electron chi connectivity index (χ3n) is 3.05. The van der Waals surface area contributed by atoms with Gasteiger partial charge >= 0.3 is 0 Å². The monoisotopic (exact) mass is 269 g/mol. The predicted molar refractivity (Wildman–Crippen MR) is 76.1 cm³/mol. The summed E-state index contributed by atoms with van der Waals surface area (Å²) in [6.45, 7) is 3.30.